The van der Waals surface area contributed by atoms with Crippen LogP contribution in [0.1, 0.15) is 45.2 Å². The molecule has 0 bridgehead atoms. The van der Waals surface area contributed by atoms with Crippen LogP contribution >= 0.6 is 0 Å². The zero-order valence-corrected chi connectivity index (χ0v) is 13.1. The Balaban J connectivity index is 2.54. The van der Waals surface area contributed by atoms with Gasteiger partial charge in [-0.15, -0.1) is 0 Å². The van der Waals surface area contributed by atoms with Gasteiger partial charge in [0.05, 0.1) is 10.5 Å². The Morgan fingerprint density at radius 3 is 2.25 bits per heavy atom. The second-order valence-corrected chi connectivity index (χ2v) is 8.80. The first-order chi connectivity index (χ1) is 9.13. The summed E-state index contributed by atoms with van der Waals surface area (Å²) in [5, 5.41) is 0. The molecule has 0 aliphatic carbocycles. The molecule has 5 heteroatoms. The van der Waals surface area contributed by atoms with E-state index in [0.717, 1.165) is 5.56 Å². The molecule has 0 radical (unpaired) electrons. The molecule has 20 heavy (non-hydrogen) atoms. The van der Waals surface area contributed by atoms with Gasteiger partial charge >= 0.3 is 0 Å². The third-order valence-corrected chi connectivity index (χ3v) is 5.87. The highest BCUT2D eigenvalue weighted by Crippen LogP contribution is 2.19. The Hall–Kier alpha value is -1.20. The van der Waals surface area contributed by atoms with Gasteiger partial charge in [0.1, 0.15) is 5.78 Å². The number of carbonyl (C=O) groups excluding carboxylic acids is 1. The molecule has 1 rings (SSSR count). The number of carbonyl (C=O) groups is 1. The van der Waals surface area contributed by atoms with E-state index in [1.54, 1.807) is 20.8 Å². The lowest BCUT2D eigenvalue weighted by atomic mass is 10.0. The quantitative estimate of drug-likeness (QED) is 0.873. The highest BCUT2D eigenvalue weighted by molar-refractivity contribution is 7.92. The summed E-state index contributed by atoms with van der Waals surface area (Å²) in [6.45, 7) is 4.92. The van der Waals surface area contributed by atoms with Crippen LogP contribution in [0.4, 0.5) is 0 Å². The number of ketones is 1. The fourth-order valence-corrected chi connectivity index (χ4v) is 2.83. The molecule has 1 aromatic rings. The standard InChI is InChI=1S/C15H23NO3S/c1-15(2,3)20(18,19)10-9-13(17)11-14(16)12-7-5-4-6-8-12/h4-8,14H,9-11,16H2,1-3H3. The zero-order valence-electron chi connectivity index (χ0n) is 12.3. The molecule has 0 saturated heterocycles. The molecule has 112 valence electrons. The van der Waals surface area contributed by atoms with Crippen LogP contribution in [0.2, 0.25) is 0 Å². The van der Waals surface area contributed by atoms with Crippen molar-refractivity contribution < 1.29 is 13.2 Å². The van der Waals surface area contributed by atoms with Crippen molar-refractivity contribution in [3.63, 3.8) is 0 Å². The van der Waals surface area contributed by atoms with Gasteiger partial charge in [-0.25, -0.2) is 8.42 Å². The molecular formula is C15H23NO3S. The smallest absolute Gasteiger partial charge is 0.155 e. The molecular weight excluding hydrogens is 274 g/mol. The maximum absolute atomic E-state index is 11.9. The summed E-state index contributed by atoms with van der Waals surface area (Å²) in [6, 6.07) is 8.97. The minimum atomic E-state index is -3.25. The zero-order chi connectivity index (χ0) is 15.4. The van der Waals surface area contributed by atoms with Crippen molar-refractivity contribution in [3.8, 4) is 0 Å². The van der Waals surface area contributed by atoms with E-state index < -0.39 is 14.6 Å². The van der Waals surface area contributed by atoms with E-state index >= 15 is 0 Å². The van der Waals surface area contributed by atoms with Crippen LogP contribution in [0.25, 0.3) is 0 Å². The average Bonchev–Trinajstić information content (AvgIpc) is 2.36. The molecule has 0 heterocycles. The summed E-state index contributed by atoms with van der Waals surface area (Å²) in [5.74, 6) is -0.231. The van der Waals surface area contributed by atoms with Crippen LogP contribution in [-0.2, 0) is 14.6 Å². The van der Waals surface area contributed by atoms with E-state index in [0.29, 0.717) is 0 Å². The Kier molecular flexibility index (Phi) is 5.48. The van der Waals surface area contributed by atoms with E-state index in [1.165, 1.54) is 0 Å². The first-order valence-corrected chi connectivity index (χ1v) is 8.33. The fourth-order valence-electron chi connectivity index (χ4n) is 1.72. The molecule has 0 saturated carbocycles. The lowest BCUT2D eigenvalue weighted by molar-refractivity contribution is -0.119. The van der Waals surface area contributed by atoms with Gasteiger partial charge in [-0.05, 0) is 26.3 Å². The molecule has 2 N–H and O–H groups in total. The monoisotopic (exact) mass is 297 g/mol. The minimum Gasteiger partial charge on any atom is -0.324 e. The Labute approximate surface area is 121 Å². The van der Waals surface area contributed by atoms with Gasteiger partial charge in [0, 0.05) is 18.9 Å². The molecule has 0 spiro atoms. The summed E-state index contributed by atoms with van der Waals surface area (Å²) >= 11 is 0. The molecule has 0 aliphatic heterocycles. The van der Waals surface area contributed by atoms with Gasteiger partial charge in [0.15, 0.2) is 9.84 Å². The highest BCUT2D eigenvalue weighted by atomic mass is 32.2. The predicted molar refractivity (Wildman–Crippen MR) is 81.2 cm³/mol. The van der Waals surface area contributed by atoms with Crippen molar-refractivity contribution in [1.82, 2.24) is 0 Å². The van der Waals surface area contributed by atoms with E-state index in [2.05, 4.69) is 0 Å². The number of hydrogen-bond donors (Lipinski definition) is 1. The number of Topliss-reactive ketones (excluding diaryl/α,β-unsaturated/α-hetero) is 1. The van der Waals surface area contributed by atoms with Crippen molar-refractivity contribution in [2.45, 2.75) is 44.4 Å². The molecule has 1 atom stereocenters. The van der Waals surface area contributed by atoms with Crippen LogP contribution in [0, 0.1) is 0 Å². The molecule has 1 unspecified atom stereocenters. The van der Waals surface area contributed by atoms with Crippen molar-refractivity contribution in [2.24, 2.45) is 5.73 Å². The molecule has 0 aliphatic rings. The summed E-state index contributed by atoms with van der Waals surface area (Å²) in [4.78, 5) is 11.9. The van der Waals surface area contributed by atoms with E-state index in [1.807, 2.05) is 30.3 Å². The topological polar surface area (TPSA) is 77.2 Å². The number of benzene rings is 1. The molecule has 0 aromatic heterocycles. The van der Waals surface area contributed by atoms with Crippen LogP contribution < -0.4 is 5.73 Å². The second-order valence-electron chi connectivity index (χ2n) is 5.94. The maximum Gasteiger partial charge on any atom is 0.155 e. The average molecular weight is 297 g/mol. The minimum absolute atomic E-state index is 0.0279. The Bertz CT molecular complexity index is 544. The first-order valence-electron chi connectivity index (χ1n) is 6.68. The molecule has 1 aromatic carbocycles. The molecule has 0 amide bonds. The largest absolute Gasteiger partial charge is 0.324 e. The Morgan fingerprint density at radius 1 is 1.20 bits per heavy atom. The normalized spacial score (nSPS) is 14.0. The summed E-state index contributed by atoms with van der Waals surface area (Å²) in [5.41, 5.74) is 6.84. The van der Waals surface area contributed by atoms with Crippen LogP contribution in [0.15, 0.2) is 30.3 Å². The van der Waals surface area contributed by atoms with Gasteiger partial charge in [0.2, 0.25) is 0 Å². The van der Waals surface area contributed by atoms with Gasteiger partial charge in [-0.2, -0.15) is 0 Å². The number of rotatable bonds is 6. The van der Waals surface area contributed by atoms with Gasteiger partial charge in [-0.3, -0.25) is 4.79 Å². The maximum atomic E-state index is 11.9. The SMILES string of the molecule is CC(C)(C)S(=O)(=O)CCC(=O)CC(N)c1ccccc1. The molecule has 0 fully saturated rings. The number of hydrogen-bond acceptors (Lipinski definition) is 4. The highest BCUT2D eigenvalue weighted by Gasteiger charge is 2.29. The summed E-state index contributed by atoms with van der Waals surface area (Å²) in [6.07, 6.45) is 0.198. The van der Waals surface area contributed by atoms with Gasteiger partial charge in [0.25, 0.3) is 0 Å². The number of nitrogens with two attached hydrogens (primary N) is 1. The predicted octanol–water partition coefficient (Wildman–Crippen LogP) is 2.25. The first kappa shape index (κ1) is 16.9. The van der Waals surface area contributed by atoms with Crippen molar-refractivity contribution in [3.05, 3.63) is 35.9 Å². The van der Waals surface area contributed by atoms with Crippen LogP contribution in [0.3, 0.4) is 0 Å². The summed E-state index contributed by atoms with van der Waals surface area (Å²) in [7, 11) is -3.25. The second kappa shape index (κ2) is 6.50. The van der Waals surface area contributed by atoms with Crippen LogP contribution in [0.5, 0.6) is 0 Å². The van der Waals surface area contributed by atoms with Gasteiger partial charge in [-0.1, -0.05) is 30.3 Å². The van der Waals surface area contributed by atoms with Crippen molar-refractivity contribution >= 4 is 15.6 Å². The summed E-state index contributed by atoms with van der Waals surface area (Å²) < 4.78 is 23.0. The van der Waals surface area contributed by atoms with E-state index in [4.69, 9.17) is 5.73 Å². The lowest BCUT2D eigenvalue weighted by Gasteiger charge is -2.19. The lowest BCUT2D eigenvalue weighted by Crippen LogP contribution is -2.31. The van der Waals surface area contributed by atoms with Crippen LogP contribution in [-0.4, -0.2) is 24.7 Å². The Morgan fingerprint density at radius 2 is 1.75 bits per heavy atom. The number of sulfone groups is 1. The third-order valence-electron chi connectivity index (χ3n) is 3.26. The van der Waals surface area contributed by atoms with E-state index in [9.17, 15) is 13.2 Å². The van der Waals surface area contributed by atoms with Crippen molar-refractivity contribution in [2.75, 3.05) is 5.75 Å². The fraction of sp³-hybridized carbons (Fsp3) is 0.533. The third kappa shape index (κ3) is 4.72. The molecule has 4 nitrogen and oxygen atoms in total. The van der Waals surface area contributed by atoms with E-state index in [-0.39, 0.29) is 30.4 Å². The van der Waals surface area contributed by atoms with Crippen molar-refractivity contribution in [1.29, 1.82) is 0 Å². The van der Waals surface area contributed by atoms with Gasteiger partial charge < -0.3 is 5.73 Å².